The highest BCUT2D eigenvalue weighted by molar-refractivity contribution is 7.89. The Balaban J connectivity index is 1.63. The van der Waals surface area contributed by atoms with E-state index in [0.29, 0.717) is 17.5 Å². The van der Waals surface area contributed by atoms with E-state index in [2.05, 4.69) is 15.5 Å². The number of rotatable bonds is 5. The second kappa shape index (κ2) is 7.92. The van der Waals surface area contributed by atoms with Crippen molar-refractivity contribution in [3.63, 3.8) is 0 Å². The molecule has 11 heteroatoms. The Morgan fingerprint density at radius 1 is 1.13 bits per heavy atom. The van der Waals surface area contributed by atoms with Crippen LogP contribution in [0.15, 0.2) is 57.9 Å². The minimum absolute atomic E-state index is 0.0442. The number of benzene rings is 2. The molecule has 3 aromatic rings. The van der Waals surface area contributed by atoms with Crippen molar-refractivity contribution in [3.8, 4) is 11.4 Å². The van der Waals surface area contributed by atoms with Gasteiger partial charge in [-0.25, -0.2) is 17.2 Å². The third kappa shape index (κ3) is 3.81. The lowest BCUT2D eigenvalue weighted by atomic mass is 10.1. The molecule has 1 aliphatic heterocycles. The van der Waals surface area contributed by atoms with Crippen LogP contribution in [-0.4, -0.2) is 47.9 Å². The van der Waals surface area contributed by atoms with E-state index >= 15 is 0 Å². The Bertz CT molecular complexity index is 1180. The summed E-state index contributed by atoms with van der Waals surface area (Å²) in [5.41, 5.74) is 0.701. The number of carbonyl (C=O) groups is 1. The summed E-state index contributed by atoms with van der Waals surface area (Å²) in [5, 5.41) is 6.46. The first-order valence-corrected chi connectivity index (χ1v) is 10.4. The number of hydrogen-bond acceptors (Lipinski definition) is 6. The van der Waals surface area contributed by atoms with Gasteiger partial charge in [-0.15, -0.1) is 0 Å². The Labute approximate surface area is 170 Å². The fourth-order valence-electron chi connectivity index (χ4n) is 3.16. The molecule has 1 atom stereocenters. The van der Waals surface area contributed by atoms with Crippen molar-refractivity contribution in [3.05, 3.63) is 66.1 Å². The van der Waals surface area contributed by atoms with Crippen LogP contribution in [0.25, 0.3) is 11.4 Å². The number of carbonyl (C=O) groups excluding carboxylic acids is 1. The van der Waals surface area contributed by atoms with Gasteiger partial charge in [-0.2, -0.15) is 9.29 Å². The predicted octanol–water partition coefficient (Wildman–Crippen LogP) is 1.75. The SMILES string of the molecule is O=C1NCCN(S(=O)(=O)c2ccc(F)c(F)c2)C1Cc1nc(-c2ccccc2)no1. The molecular weight excluding hydrogens is 418 g/mol. The van der Waals surface area contributed by atoms with Gasteiger partial charge in [0.05, 0.1) is 11.3 Å². The first-order chi connectivity index (χ1) is 14.4. The van der Waals surface area contributed by atoms with Gasteiger partial charge < -0.3 is 9.84 Å². The molecule has 0 spiro atoms. The van der Waals surface area contributed by atoms with Crippen LogP contribution >= 0.6 is 0 Å². The molecule has 1 N–H and O–H groups in total. The van der Waals surface area contributed by atoms with E-state index in [1.165, 1.54) is 0 Å². The zero-order valence-corrected chi connectivity index (χ0v) is 16.3. The summed E-state index contributed by atoms with van der Waals surface area (Å²) in [6.07, 6.45) is -0.172. The first-order valence-electron chi connectivity index (χ1n) is 8.99. The van der Waals surface area contributed by atoms with Crippen molar-refractivity contribution in [1.82, 2.24) is 19.8 Å². The zero-order chi connectivity index (χ0) is 21.3. The molecule has 1 fully saturated rings. The molecule has 1 aromatic heterocycles. The van der Waals surface area contributed by atoms with Crippen molar-refractivity contribution < 1.29 is 26.5 Å². The van der Waals surface area contributed by atoms with Crippen LogP contribution < -0.4 is 5.32 Å². The Hall–Kier alpha value is -3.18. The molecule has 1 saturated heterocycles. The van der Waals surface area contributed by atoms with E-state index in [1.54, 1.807) is 24.3 Å². The molecule has 0 aliphatic carbocycles. The topological polar surface area (TPSA) is 105 Å². The van der Waals surface area contributed by atoms with Crippen LogP contribution in [0.1, 0.15) is 5.89 Å². The highest BCUT2D eigenvalue weighted by atomic mass is 32.2. The molecule has 30 heavy (non-hydrogen) atoms. The number of aromatic nitrogens is 2. The third-order valence-electron chi connectivity index (χ3n) is 4.65. The van der Waals surface area contributed by atoms with Gasteiger partial charge in [0.25, 0.3) is 0 Å². The molecular formula is C19H16F2N4O4S. The molecule has 1 aliphatic rings. The average Bonchev–Trinajstić information content (AvgIpc) is 3.20. The Kier molecular flexibility index (Phi) is 5.31. The third-order valence-corrected chi connectivity index (χ3v) is 6.55. The molecule has 1 amide bonds. The Morgan fingerprint density at radius 3 is 2.63 bits per heavy atom. The second-order valence-corrected chi connectivity index (χ2v) is 8.47. The van der Waals surface area contributed by atoms with Gasteiger partial charge in [0.15, 0.2) is 11.6 Å². The smallest absolute Gasteiger partial charge is 0.243 e. The standard InChI is InChI=1S/C19H16F2N4O4S/c20-14-7-6-13(10-15(14)21)30(27,28)25-9-8-22-19(26)16(25)11-17-23-18(24-29-17)12-4-2-1-3-5-12/h1-7,10,16H,8-9,11H2,(H,22,26). The maximum absolute atomic E-state index is 13.6. The van der Waals surface area contributed by atoms with E-state index in [-0.39, 0.29) is 25.4 Å². The van der Waals surface area contributed by atoms with Crippen molar-refractivity contribution >= 4 is 15.9 Å². The lowest BCUT2D eigenvalue weighted by Gasteiger charge is -2.33. The maximum atomic E-state index is 13.6. The van der Waals surface area contributed by atoms with Gasteiger partial charge in [0.1, 0.15) is 6.04 Å². The van der Waals surface area contributed by atoms with E-state index in [0.717, 1.165) is 16.4 Å². The zero-order valence-electron chi connectivity index (χ0n) is 15.5. The molecule has 156 valence electrons. The number of halogens is 2. The van der Waals surface area contributed by atoms with E-state index < -0.39 is 38.5 Å². The number of sulfonamides is 1. The largest absolute Gasteiger partial charge is 0.353 e. The average molecular weight is 434 g/mol. The van der Waals surface area contributed by atoms with Crippen LogP contribution in [0.4, 0.5) is 8.78 Å². The molecule has 2 heterocycles. The van der Waals surface area contributed by atoms with Gasteiger partial charge in [-0.3, -0.25) is 4.79 Å². The van der Waals surface area contributed by atoms with Crippen molar-refractivity contribution in [1.29, 1.82) is 0 Å². The van der Waals surface area contributed by atoms with E-state index in [9.17, 15) is 22.0 Å². The normalized spacial score (nSPS) is 17.7. The minimum Gasteiger partial charge on any atom is -0.353 e. The molecule has 0 saturated carbocycles. The van der Waals surface area contributed by atoms with Crippen LogP contribution in [0.3, 0.4) is 0 Å². The molecule has 0 bridgehead atoms. The molecule has 1 unspecified atom stereocenters. The van der Waals surface area contributed by atoms with Crippen molar-refractivity contribution in [2.24, 2.45) is 0 Å². The van der Waals surface area contributed by atoms with Gasteiger partial charge >= 0.3 is 0 Å². The summed E-state index contributed by atoms with van der Waals surface area (Å²) in [4.78, 5) is 16.2. The van der Waals surface area contributed by atoms with Crippen molar-refractivity contribution in [2.75, 3.05) is 13.1 Å². The summed E-state index contributed by atoms with van der Waals surface area (Å²) in [7, 11) is -4.27. The molecule has 8 nitrogen and oxygen atoms in total. The quantitative estimate of drug-likeness (QED) is 0.656. The van der Waals surface area contributed by atoms with Gasteiger partial charge in [-0.05, 0) is 18.2 Å². The molecule has 4 rings (SSSR count). The monoisotopic (exact) mass is 434 g/mol. The van der Waals surface area contributed by atoms with Crippen LogP contribution in [0, 0.1) is 11.6 Å². The summed E-state index contributed by atoms with van der Waals surface area (Å²) in [5.74, 6) is -2.63. The summed E-state index contributed by atoms with van der Waals surface area (Å²) >= 11 is 0. The number of nitrogens with zero attached hydrogens (tertiary/aromatic N) is 3. The first kappa shape index (κ1) is 20.1. The van der Waals surface area contributed by atoms with Crippen molar-refractivity contribution in [2.45, 2.75) is 17.4 Å². The Morgan fingerprint density at radius 2 is 1.90 bits per heavy atom. The highest BCUT2D eigenvalue weighted by Gasteiger charge is 2.40. The number of nitrogens with one attached hydrogen (secondary N) is 1. The van der Waals surface area contributed by atoms with Gasteiger partial charge in [0, 0.05) is 18.7 Å². The number of amides is 1. The second-order valence-electron chi connectivity index (χ2n) is 6.58. The van der Waals surface area contributed by atoms with Crippen LogP contribution in [0.5, 0.6) is 0 Å². The predicted molar refractivity (Wildman–Crippen MR) is 100 cm³/mol. The molecule has 2 aromatic carbocycles. The lowest BCUT2D eigenvalue weighted by molar-refractivity contribution is -0.126. The van der Waals surface area contributed by atoms with Crippen LogP contribution in [-0.2, 0) is 21.2 Å². The minimum atomic E-state index is -4.27. The number of piperazine rings is 1. The maximum Gasteiger partial charge on any atom is 0.243 e. The van der Waals surface area contributed by atoms with Crippen LogP contribution in [0.2, 0.25) is 0 Å². The van der Waals surface area contributed by atoms with E-state index in [1.807, 2.05) is 6.07 Å². The lowest BCUT2D eigenvalue weighted by Crippen LogP contribution is -2.57. The fraction of sp³-hybridized carbons (Fsp3) is 0.211. The molecule has 0 radical (unpaired) electrons. The summed E-state index contributed by atoms with van der Waals surface area (Å²) < 4.78 is 59.0. The van der Waals surface area contributed by atoms with Gasteiger partial charge in [-0.1, -0.05) is 35.5 Å². The van der Waals surface area contributed by atoms with Gasteiger partial charge in [0.2, 0.25) is 27.6 Å². The summed E-state index contributed by atoms with van der Waals surface area (Å²) in [6.45, 7) is 0.0365. The highest BCUT2D eigenvalue weighted by Crippen LogP contribution is 2.24. The summed E-state index contributed by atoms with van der Waals surface area (Å²) in [6, 6.07) is 10.1. The number of hydrogen-bond donors (Lipinski definition) is 1. The van der Waals surface area contributed by atoms with E-state index in [4.69, 9.17) is 4.52 Å². The fourth-order valence-corrected chi connectivity index (χ4v) is 4.76.